The predicted molar refractivity (Wildman–Crippen MR) is 92.3 cm³/mol. The lowest BCUT2D eigenvalue weighted by atomic mass is 10.1. The monoisotopic (exact) mass is 363 g/mol. The fraction of sp³-hybridized carbons (Fsp3) is 0.278. The number of ether oxygens (including phenoxy) is 2. The standard InChI is InChI=1S/C18H15Cl2NO3/c19-13-6-7-16-14(10-13)18(23-8-3-9-24-18)17(22)21(16)11-12-4-1-2-5-15(12)20/h1-2,4-7,10H,3,8-9,11H2. The van der Waals surface area contributed by atoms with Crippen LogP contribution >= 0.6 is 23.2 Å². The van der Waals surface area contributed by atoms with E-state index in [0.29, 0.717) is 35.4 Å². The first-order valence-electron chi connectivity index (χ1n) is 7.75. The van der Waals surface area contributed by atoms with Crippen molar-refractivity contribution in [3.63, 3.8) is 0 Å². The summed E-state index contributed by atoms with van der Waals surface area (Å²) in [6.45, 7) is 1.29. The van der Waals surface area contributed by atoms with Crippen LogP contribution in [0.1, 0.15) is 17.5 Å². The van der Waals surface area contributed by atoms with Crippen molar-refractivity contribution in [1.29, 1.82) is 0 Å². The third kappa shape index (κ3) is 2.42. The van der Waals surface area contributed by atoms with Gasteiger partial charge in [-0.15, -0.1) is 0 Å². The Hall–Kier alpha value is -1.59. The third-order valence-electron chi connectivity index (χ3n) is 4.32. The summed E-state index contributed by atoms with van der Waals surface area (Å²) >= 11 is 12.4. The van der Waals surface area contributed by atoms with Crippen LogP contribution in [0, 0.1) is 0 Å². The van der Waals surface area contributed by atoms with Gasteiger partial charge in [0.2, 0.25) is 0 Å². The first kappa shape index (κ1) is 15.9. The molecule has 2 aliphatic rings. The molecule has 0 aromatic heterocycles. The zero-order valence-electron chi connectivity index (χ0n) is 12.8. The number of anilines is 1. The molecule has 124 valence electrons. The lowest BCUT2D eigenvalue weighted by Gasteiger charge is -2.32. The molecule has 0 atom stereocenters. The Bertz CT molecular complexity index is 803. The van der Waals surface area contributed by atoms with Gasteiger partial charge in [0.15, 0.2) is 0 Å². The van der Waals surface area contributed by atoms with Gasteiger partial charge in [-0.05, 0) is 36.2 Å². The maximum absolute atomic E-state index is 13.2. The molecule has 0 saturated carbocycles. The number of benzene rings is 2. The van der Waals surface area contributed by atoms with E-state index in [1.54, 1.807) is 17.0 Å². The van der Waals surface area contributed by atoms with Gasteiger partial charge >= 0.3 is 0 Å². The lowest BCUT2D eigenvalue weighted by Crippen LogP contribution is -2.47. The normalized spacial score (nSPS) is 18.9. The molecular weight excluding hydrogens is 349 g/mol. The first-order chi connectivity index (χ1) is 11.6. The molecule has 2 heterocycles. The molecule has 2 aliphatic heterocycles. The number of halogens is 2. The molecule has 6 heteroatoms. The van der Waals surface area contributed by atoms with Crippen molar-refractivity contribution in [2.45, 2.75) is 18.8 Å². The Labute approximate surface area is 149 Å². The van der Waals surface area contributed by atoms with E-state index in [1.807, 2.05) is 30.3 Å². The molecule has 2 aromatic carbocycles. The van der Waals surface area contributed by atoms with Gasteiger partial charge in [0, 0.05) is 15.6 Å². The highest BCUT2D eigenvalue weighted by atomic mass is 35.5. The fourth-order valence-corrected chi connectivity index (χ4v) is 3.54. The smallest absolute Gasteiger partial charge is 0.292 e. The van der Waals surface area contributed by atoms with Gasteiger partial charge in [-0.1, -0.05) is 41.4 Å². The molecule has 4 nitrogen and oxygen atoms in total. The van der Waals surface area contributed by atoms with Gasteiger partial charge in [0.1, 0.15) is 0 Å². The number of carbonyl (C=O) groups excluding carboxylic acids is 1. The summed E-state index contributed by atoms with van der Waals surface area (Å²) in [6.07, 6.45) is 0.759. The molecule has 0 radical (unpaired) electrons. The lowest BCUT2D eigenvalue weighted by molar-refractivity contribution is -0.256. The summed E-state index contributed by atoms with van der Waals surface area (Å²) in [5, 5.41) is 1.16. The highest BCUT2D eigenvalue weighted by Gasteiger charge is 2.55. The summed E-state index contributed by atoms with van der Waals surface area (Å²) in [6, 6.07) is 12.8. The van der Waals surface area contributed by atoms with Crippen molar-refractivity contribution in [1.82, 2.24) is 0 Å². The number of carbonyl (C=O) groups is 1. The van der Waals surface area contributed by atoms with E-state index in [1.165, 1.54) is 0 Å². The first-order valence-corrected chi connectivity index (χ1v) is 8.51. The van der Waals surface area contributed by atoms with E-state index in [0.717, 1.165) is 17.7 Å². The maximum atomic E-state index is 13.2. The number of hydrogen-bond donors (Lipinski definition) is 0. The molecule has 0 unspecified atom stereocenters. The van der Waals surface area contributed by atoms with Crippen LogP contribution in [0.2, 0.25) is 10.0 Å². The second-order valence-electron chi connectivity index (χ2n) is 5.81. The summed E-state index contributed by atoms with van der Waals surface area (Å²) < 4.78 is 11.6. The van der Waals surface area contributed by atoms with Gasteiger partial charge in [-0.25, -0.2) is 0 Å². The van der Waals surface area contributed by atoms with Crippen molar-refractivity contribution in [2.75, 3.05) is 18.1 Å². The van der Waals surface area contributed by atoms with Gasteiger partial charge in [0.25, 0.3) is 11.7 Å². The molecule has 4 rings (SSSR count). The van der Waals surface area contributed by atoms with E-state index >= 15 is 0 Å². The van der Waals surface area contributed by atoms with Crippen LogP contribution in [0.15, 0.2) is 42.5 Å². The zero-order valence-corrected chi connectivity index (χ0v) is 14.3. The van der Waals surface area contributed by atoms with Gasteiger partial charge < -0.3 is 14.4 Å². The molecule has 0 aliphatic carbocycles. The summed E-state index contributed by atoms with van der Waals surface area (Å²) in [7, 11) is 0. The second kappa shape index (κ2) is 6.05. The van der Waals surface area contributed by atoms with Crippen LogP contribution in [0.5, 0.6) is 0 Å². The molecule has 2 aromatic rings. The molecule has 1 saturated heterocycles. The third-order valence-corrected chi connectivity index (χ3v) is 4.92. The Kier molecular flexibility index (Phi) is 4.01. The minimum Gasteiger partial charge on any atom is -0.338 e. The predicted octanol–water partition coefficient (Wildman–Crippen LogP) is 4.13. The summed E-state index contributed by atoms with van der Waals surface area (Å²) in [5.41, 5.74) is 2.26. The Morgan fingerprint density at radius 2 is 1.83 bits per heavy atom. The minimum absolute atomic E-state index is 0.237. The zero-order chi connectivity index (χ0) is 16.7. The van der Waals surface area contributed by atoms with Crippen molar-refractivity contribution in [2.24, 2.45) is 0 Å². The number of fused-ring (bicyclic) bond motifs is 2. The Balaban J connectivity index is 1.79. The number of hydrogen-bond acceptors (Lipinski definition) is 3. The average molecular weight is 364 g/mol. The molecule has 24 heavy (non-hydrogen) atoms. The van der Waals surface area contributed by atoms with E-state index in [9.17, 15) is 4.79 Å². The average Bonchev–Trinajstić information content (AvgIpc) is 2.80. The maximum Gasteiger partial charge on any atom is 0.292 e. The van der Waals surface area contributed by atoms with Crippen molar-refractivity contribution in [3.05, 3.63) is 63.6 Å². The molecule has 1 amide bonds. The highest BCUT2D eigenvalue weighted by molar-refractivity contribution is 6.31. The van der Waals surface area contributed by atoms with Crippen LogP contribution in [0.4, 0.5) is 5.69 Å². The molecule has 0 N–H and O–H groups in total. The van der Waals surface area contributed by atoms with Gasteiger partial charge in [-0.3, -0.25) is 4.79 Å². The number of amides is 1. The van der Waals surface area contributed by atoms with E-state index in [4.69, 9.17) is 32.7 Å². The van der Waals surface area contributed by atoms with Crippen LogP contribution < -0.4 is 4.90 Å². The van der Waals surface area contributed by atoms with E-state index in [-0.39, 0.29) is 5.91 Å². The van der Waals surface area contributed by atoms with Crippen LogP contribution in [0.3, 0.4) is 0 Å². The highest BCUT2D eigenvalue weighted by Crippen LogP contribution is 2.46. The van der Waals surface area contributed by atoms with E-state index < -0.39 is 5.79 Å². The minimum atomic E-state index is -1.39. The Morgan fingerprint density at radius 3 is 2.58 bits per heavy atom. The van der Waals surface area contributed by atoms with Crippen molar-refractivity contribution in [3.8, 4) is 0 Å². The number of rotatable bonds is 2. The molecule has 1 fully saturated rings. The van der Waals surface area contributed by atoms with Gasteiger partial charge in [-0.2, -0.15) is 0 Å². The quantitative estimate of drug-likeness (QED) is 0.804. The van der Waals surface area contributed by atoms with Crippen molar-refractivity contribution < 1.29 is 14.3 Å². The topological polar surface area (TPSA) is 38.8 Å². The Morgan fingerprint density at radius 1 is 1.08 bits per heavy atom. The number of nitrogens with zero attached hydrogens (tertiary/aromatic N) is 1. The van der Waals surface area contributed by atoms with Crippen LogP contribution in [0.25, 0.3) is 0 Å². The van der Waals surface area contributed by atoms with Crippen LogP contribution in [-0.2, 0) is 26.6 Å². The largest absolute Gasteiger partial charge is 0.338 e. The SMILES string of the molecule is O=C1N(Cc2ccccc2Cl)c2ccc(Cl)cc2C12OCCCO2. The fourth-order valence-electron chi connectivity index (χ4n) is 3.17. The van der Waals surface area contributed by atoms with Crippen LogP contribution in [-0.4, -0.2) is 19.1 Å². The molecule has 0 bridgehead atoms. The van der Waals surface area contributed by atoms with Crippen molar-refractivity contribution >= 4 is 34.8 Å². The summed E-state index contributed by atoms with van der Waals surface area (Å²) in [4.78, 5) is 14.8. The van der Waals surface area contributed by atoms with E-state index in [2.05, 4.69) is 0 Å². The van der Waals surface area contributed by atoms with Gasteiger partial charge in [0.05, 0.1) is 25.4 Å². The summed E-state index contributed by atoms with van der Waals surface area (Å²) in [5.74, 6) is -1.63. The molecule has 1 spiro atoms. The molecular formula is C18H15Cl2NO3. The second-order valence-corrected chi connectivity index (χ2v) is 6.65.